The molecule has 29 heavy (non-hydrogen) atoms. The lowest BCUT2D eigenvalue weighted by atomic mass is 10.1. The summed E-state index contributed by atoms with van der Waals surface area (Å²) < 4.78 is 1.31. The van der Waals surface area contributed by atoms with Crippen LogP contribution in [0.4, 0.5) is 5.82 Å². The number of nitriles is 1. The van der Waals surface area contributed by atoms with Gasteiger partial charge in [-0.3, -0.25) is 19.3 Å². The van der Waals surface area contributed by atoms with Gasteiger partial charge in [0.1, 0.15) is 17.7 Å². The van der Waals surface area contributed by atoms with Gasteiger partial charge in [0.05, 0.1) is 17.3 Å². The molecule has 9 heteroatoms. The summed E-state index contributed by atoms with van der Waals surface area (Å²) in [6.45, 7) is 1.45. The molecule has 1 aliphatic heterocycles. The second kappa shape index (κ2) is 7.01. The maximum atomic E-state index is 12.9. The number of carbonyl (C=O) groups excluding carboxylic acids is 3. The Morgan fingerprint density at radius 2 is 1.76 bits per heavy atom. The molecule has 9 nitrogen and oxygen atoms in total. The third-order valence-corrected chi connectivity index (χ3v) is 4.59. The normalized spacial score (nSPS) is 13.7. The van der Waals surface area contributed by atoms with Gasteiger partial charge >= 0.3 is 0 Å². The number of imide groups is 1. The van der Waals surface area contributed by atoms with Crippen LogP contribution >= 0.6 is 0 Å². The number of hydrogen-bond donors (Lipinski definition) is 1. The Hall–Kier alpha value is -4.32. The number of carbonyl (C=O) groups is 3. The number of amides is 3. The molecule has 0 saturated carbocycles. The molecule has 3 aromatic rings. The van der Waals surface area contributed by atoms with Crippen LogP contribution in [0.15, 0.2) is 54.9 Å². The third kappa shape index (κ3) is 2.93. The molecule has 0 aliphatic carbocycles. The zero-order valence-electron chi connectivity index (χ0n) is 15.2. The quantitative estimate of drug-likeness (QED) is 0.682. The van der Waals surface area contributed by atoms with Gasteiger partial charge < -0.3 is 5.32 Å². The Balaban J connectivity index is 1.63. The molecule has 1 aliphatic rings. The summed E-state index contributed by atoms with van der Waals surface area (Å²) in [5, 5.41) is 16.1. The van der Waals surface area contributed by atoms with Crippen LogP contribution in [0, 0.1) is 11.3 Å². The number of rotatable bonds is 4. The number of anilines is 1. The van der Waals surface area contributed by atoms with E-state index in [1.54, 1.807) is 48.7 Å². The van der Waals surface area contributed by atoms with Crippen LogP contribution in [0.1, 0.15) is 33.2 Å². The molecule has 4 rings (SSSR count). The van der Waals surface area contributed by atoms with Gasteiger partial charge in [0, 0.05) is 6.20 Å². The molecule has 3 heterocycles. The van der Waals surface area contributed by atoms with Crippen molar-refractivity contribution in [3.63, 3.8) is 0 Å². The Morgan fingerprint density at radius 1 is 1.10 bits per heavy atom. The van der Waals surface area contributed by atoms with E-state index in [9.17, 15) is 19.6 Å². The molecule has 142 valence electrons. The first kappa shape index (κ1) is 18.1. The fourth-order valence-corrected chi connectivity index (χ4v) is 3.10. The Labute approximate surface area is 165 Å². The van der Waals surface area contributed by atoms with Gasteiger partial charge in [-0.15, -0.1) is 0 Å². The minimum absolute atomic E-state index is 0.111. The van der Waals surface area contributed by atoms with Gasteiger partial charge in [0.25, 0.3) is 11.8 Å². The molecule has 3 amide bonds. The Bertz CT molecular complexity index is 1140. The van der Waals surface area contributed by atoms with E-state index in [2.05, 4.69) is 15.4 Å². The zero-order valence-corrected chi connectivity index (χ0v) is 15.2. The van der Waals surface area contributed by atoms with Crippen LogP contribution in [-0.4, -0.2) is 43.4 Å². The summed E-state index contributed by atoms with van der Waals surface area (Å²) in [6.07, 6.45) is 2.85. The maximum absolute atomic E-state index is 12.9. The maximum Gasteiger partial charge on any atom is 0.262 e. The van der Waals surface area contributed by atoms with Crippen molar-refractivity contribution in [3.8, 4) is 11.9 Å². The molecule has 0 saturated heterocycles. The fourth-order valence-electron chi connectivity index (χ4n) is 3.10. The molecule has 1 N–H and O–H groups in total. The predicted octanol–water partition coefficient (Wildman–Crippen LogP) is 1.76. The minimum Gasteiger partial charge on any atom is -0.308 e. The van der Waals surface area contributed by atoms with E-state index < -0.39 is 23.8 Å². The highest BCUT2D eigenvalue weighted by Gasteiger charge is 2.40. The largest absolute Gasteiger partial charge is 0.308 e. The highest BCUT2D eigenvalue weighted by molar-refractivity contribution is 6.23. The van der Waals surface area contributed by atoms with E-state index in [-0.39, 0.29) is 22.5 Å². The van der Waals surface area contributed by atoms with Crippen molar-refractivity contribution < 1.29 is 14.4 Å². The lowest BCUT2D eigenvalue weighted by Gasteiger charge is -2.22. The number of benzene rings is 1. The van der Waals surface area contributed by atoms with Crippen molar-refractivity contribution in [2.75, 3.05) is 5.32 Å². The van der Waals surface area contributed by atoms with Gasteiger partial charge in [-0.25, -0.2) is 4.98 Å². The topological polar surface area (TPSA) is 121 Å². The average molecular weight is 386 g/mol. The van der Waals surface area contributed by atoms with E-state index in [0.717, 1.165) is 4.90 Å². The molecule has 1 aromatic carbocycles. The van der Waals surface area contributed by atoms with Crippen molar-refractivity contribution in [1.29, 1.82) is 5.26 Å². The second-order valence-electron chi connectivity index (χ2n) is 6.31. The molecular weight excluding hydrogens is 372 g/mol. The smallest absolute Gasteiger partial charge is 0.262 e. The second-order valence-corrected chi connectivity index (χ2v) is 6.31. The SMILES string of the molecule is CC(C(=O)Nc1c(C#N)cnn1-c1ccccn1)N1C(=O)c2ccccc2C1=O. The highest BCUT2D eigenvalue weighted by atomic mass is 16.2. The van der Waals surface area contributed by atoms with Gasteiger partial charge in [-0.2, -0.15) is 15.0 Å². The third-order valence-electron chi connectivity index (χ3n) is 4.59. The lowest BCUT2D eigenvalue weighted by molar-refractivity contribution is -0.119. The van der Waals surface area contributed by atoms with Crippen LogP contribution in [0.3, 0.4) is 0 Å². The van der Waals surface area contributed by atoms with Crippen LogP contribution in [0.2, 0.25) is 0 Å². The van der Waals surface area contributed by atoms with Gasteiger partial charge in [0.2, 0.25) is 5.91 Å². The summed E-state index contributed by atoms with van der Waals surface area (Å²) in [6, 6.07) is 12.4. The number of nitrogens with one attached hydrogen (secondary N) is 1. The average Bonchev–Trinajstić information content (AvgIpc) is 3.27. The minimum atomic E-state index is -1.10. The van der Waals surface area contributed by atoms with Crippen molar-refractivity contribution >= 4 is 23.5 Å². The van der Waals surface area contributed by atoms with E-state index >= 15 is 0 Å². The number of fused-ring (bicyclic) bond motifs is 1. The van der Waals surface area contributed by atoms with Crippen molar-refractivity contribution in [3.05, 3.63) is 71.5 Å². The molecular formula is C20H14N6O3. The monoisotopic (exact) mass is 386 g/mol. The first-order valence-electron chi connectivity index (χ1n) is 8.70. The van der Waals surface area contributed by atoms with Gasteiger partial charge in [-0.1, -0.05) is 18.2 Å². The number of hydrogen-bond acceptors (Lipinski definition) is 6. The van der Waals surface area contributed by atoms with E-state index in [4.69, 9.17) is 0 Å². The summed E-state index contributed by atoms with van der Waals surface area (Å²) in [4.78, 5) is 43.2. The van der Waals surface area contributed by atoms with Crippen molar-refractivity contribution in [1.82, 2.24) is 19.7 Å². The molecule has 0 radical (unpaired) electrons. The van der Waals surface area contributed by atoms with E-state index in [1.807, 2.05) is 6.07 Å². The van der Waals surface area contributed by atoms with Crippen LogP contribution in [0.5, 0.6) is 0 Å². The molecule has 0 fully saturated rings. The summed E-state index contributed by atoms with van der Waals surface area (Å²) in [5.74, 6) is -1.19. The van der Waals surface area contributed by atoms with Crippen LogP contribution in [-0.2, 0) is 4.79 Å². The summed E-state index contributed by atoms with van der Waals surface area (Å²) in [7, 11) is 0. The number of pyridine rings is 1. The molecule has 1 unspecified atom stereocenters. The lowest BCUT2D eigenvalue weighted by Crippen LogP contribution is -2.45. The van der Waals surface area contributed by atoms with E-state index in [1.165, 1.54) is 17.8 Å². The Kier molecular flexibility index (Phi) is 4.37. The highest BCUT2D eigenvalue weighted by Crippen LogP contribution is 2.25. The van der Waals surface area contributed by atoms with E-state index in [0.29, 0.717) is 5.82 Å². The molecule has 0 bridgehead atoms. The molecule has 1 atom stereocenters. The summed E-state index contributed by atoms with van der Waals surface area (Å²) in [5.41, 5.74) is 0.639. The first-order chi connectivity index (χ1) is 14.0. The fraction of sp³-hybridized carbons (Fsp3) is 0.100. The van der Waals surface area contributed by atoms with Crippen LogP contribution in [0.25, 0.3) is 5.82 Å². The summed E-state index contributed by atoms with van der Waals surface area (Å²) >= 11 is 0. The standard InChI is InChI=1S/C20H14N6O3/c1-12(25-19(28)14-6-2-3-7-15(14)20(25)29)18(27)24-17-13(10-21)11-23-26(17)16-8-4-5-9-22-16/h2-9,11-12H,1H3,(H,24,27). The van der Waals surface area contributed by atoms with Gasteiger partial charge in [-0.05, 0) is 31.2 Å². The van der Waals surface area contributed by atoms with Crippen molar-refractivity contribution in [2.24, 2.45) is 0 Å². The predicted molar refractivity (Wildman–Crippen MR) is 101 cm³/mol. The van der Waals surface area contributed by atoms with Gasteiger partial charge in [0.15, 0.2) is 11.6 Å². The van der Waals surface area contributed by atoms with Crippen LogP contribution < -0.4 is 5.32 Å². The van der Waals surface area contributed by atoms with Crippen molar-refractivity contribution in [2.45, 2.75) is 13.0 Å². The first-order valence-corrected chi connectivity index (χ1v) is 8.70. The molecule has 2 aromatic heterocycles. The molecule has 0 spiro atoms. The Morgan fingerprint density at radius 3 is 2.34 bits per heavy atom. The zero-order chi connectivity index (χ0) is 20.5. The number of aromatic nitrogens is 3. The number of nitrogens with zero attached hydrogens (tertiary/aromatic N) is 5.